The highest BCUT2D eigenvalue weighted by atomic mass is 16.4. The lowest BCUT2D eigenvalue weighted by atomic mass is 9.93. The Morgan fingerprint density at radius 2 is 2.10 bits per heavy atom. The van der Waals surface area contributed by atoms with Gasteiger partial charge in [-0.25, -0.2) is 9.59 Å². The van der Waals surface area contributed by atoms with Gasteiger partial charge < -0.3 is 15.3 Å². The standard InChI is InChI=1S/C15H28N2O3/c1-4-5-6-7-12(3)16-15(20)17-9-8-11(2)10-13(17)14(18)19/h11-13H,4-10H2,1-3H3,(H,16,20)(H,18,19). The number of nitrogens with one attached hydrogen (secondary N) is 1. The molecule has 1 fully saturated rings. The molecule has 1 rings (SSSR count). The summed E-state index contributed by atoms with van der Waals surface area (Å²) in [6.07, 6.45) is 5.79. The van der Waals surface area contributed by atoms with E-state index in [1.165, 1.54) is 11.3 Å². The number of amides is 2. The molecule has 1 saturated heterocycles. The summed E-state index contributed by atoms with van der Waals surface area (Å²) in [7, 11) is 0. The van der Waals surface area contributed by atoms with Crippen molar-refractivity contribution in [2.75, 3.05) is 6.54 Å². The van der Waals surface area contributed by atoms with Gasteiger partial charge in [-0.1, -0.05) is 33.1 Å². The van der Waals surface area contributed by atoms with Crippen molar-refractivity contribution in [3.05, 3.63) is 0 Å². The number of hydrogen-bond acceptors (Lipinski definition) is 2. The number of nitrogens with zero attached hydrogens (tertiary/aromatic N) is 1. The molecule has 0 spiro atoms. The van der Waals surface area contributed by atoms with Crippen LogP contribution in [0.1, 0.15) is 59.3 Å². The first kappa shape index (κ1) is 16.8. The summed E-state index contributed by atoms with van der Waals surface area (Å²) in [4.78, 5) is 25.0. The number of urea groups is 1. The molecule has 0 saturated carbocycles. The third-order valence-corrected chi connectivity index (χ3v) is 4.02. The lowest BCUT2D eigenvalue weighted by molar-refractivity contribution is -0.143. The number of hydrogen-bond donors (Lipinski definition) is 2. The van der Waals surface area contributed by atoms with Gasteiger partial charge >= 0.3 is 12.0 Å². The SMILES string of the molecule is CCCCCC(C)NC(=O)N1CCC(C)CC1C(=O)O. The van der Waals surface area contributed by atoms with Gasteiger partial charge in [0.15, 0.2) is 0 Å². The van der Waals surface area contributed by atoms with Gasteiger partial charge in [0.05, 0.1) is 0 Å². The Morgan fingerprint density at radius 1 is 1.40 bits per heavy atom. The molecule has 0 aliphatic carbocycles. The second-order valence-electron chi connectivity index (χ2n) is 6.02. The molecule has 1 aliphatic rings. The largest absolute Gasteiger partial charge is 0.480 e. The van der Waals surface area contributed by atoms with Gasteiger partial charge in [0.2, 0.25) is 0 Å². The van der Waals surface area contributed by atoms with E-state index in [0.29, 0.717) is 18.9 Å². The molecule has 116 valence electrons. The maximum absolute atomic E-state index is 12.2. The van der Waals surface area contributed by atoms with Crippen molar-refractivity contribution in [3.8, 4) is 0 Å². The molecule has 0 aromatic rings. The number of likely N-dealkylation sites (tertiary alicyclic amines) is 1. The van der Waals surface area contributed by atoms with E-state index < -0.39 is 12.0 Å². The molecule has 2 N–H and O–H groups in total. The van der Waals surface area contributed by atoms with E-state index >= 15 is 0 Å². The van der Waals surface area contributed by atoms with Crippen LogP contribution in [0.2, 0.25) is 0 Å². The van der Waals surface area contributed by atoms with Crippen LogP contribution in [0.25, 0.3) is 0 Å². The van der Waals surface area contributed by atoms with Crippen LogP contribution in [0, 0.1) is 5.92 Å². The minimum Gasteiger partial charge on any atom is -0.480 e. The lowest BCUT2D eigenvalue weighted by Gasteiger charge is -2.36. The first-order chi connectivity index (χ1) is 9.45. The van der Waals surface area contributed by atoms with E-state index in [1.54, 1.807) is 0 Å². The summed E-state index contributed by atoms with van der Waals surface area (Å²) >= 11 is 0. The lowest BCUT2D eigenvalue weighted by Crippen LogP contribution is -2.54. The highest BCUT2D eigenvalue weighted by Gasteiger charge is 2.34. The van der Waals surface area contributed by atoms with Gasteiger partial charge in [-0.15, -0.1) is 0 Å². The minimum absolute atomic E-state index is 0.0999. The van der Waals surface area contributed by atoms with Gasteiger partial charge in [0.1, 0.15) is 6.04 Å². The Kier molecular flexibility index (Phi) is 6.82. The van der Waals surface area contributed by atoms with Crippen LogP contribution < -0.4 is 5.32 Å². The van der Waals surface area contributed by atoms with E-state index in [4.69, 9.17) is 0 Å². The van der Waals surface area contributed by atoms with Gasteiger partial charge in [0.25, 0.3) is 0 Å². The van der Waals surface area contributed by atoms with E-state index in [-0.39, 0.29) is 12.1 Å². The molecule has 0 aromatic heterocycles. The Bertz CT molecular complexity index is 333. The quantitative estimate of drug-likeness (QED) is 0.737. The molecular formula is C15H28N2O3. The summed E-state index contributed by atoms with van der Waals surface area (Å²) in [6.45, 7) is 6.70. The topological polar surface area (TPSA) is 69.6 Å². The molecule has 3 atom stereocenters. The first-order valence-corrected chi connectivity index (χ1v) is 7.75. The molecule has 0 aromatic carbocycles. The Morgan fingerprint density at radius 3 is 2.70 bits per heavy atom. The van der Waals surface area contributed by atoms with Crippen molar-refractivity contribution in [1.82, 2.24) is 10.2 Å². The second kappa shape index (κ2) is 8.12. The third-order valence-electron chi connectivity index (χ3n) is 4.02. The van der Waals surface area contributed by atoms with Gasteiger partial charge in [-0.3, -0.25) is 0 Å². The highest BCUT2D eigenvalue weighted by molar-refractivity contribution is 5.83. The zero-order valence-electron chi connectivity index (χ0n) is 12.9. The molecule has 1 aliphatic heterocycles. The summed E-state index contributed by atoms with van der Waals surface area (Å²) in [5, 5.41) is 12.2. The van der Waals surface area contributed by atoms with E-state index in [0.717, 1.165) is 25.7 Å². The minimum atomic E-state index is -0.898. The molecule has 5 nitrogen and oxygen atoms in total. The Labute approximate surface area is 121 Å². The van der Waals surface area contributed by atoms with Gasteiger partial charge in [-0.05, 0) is 32.1 Å². The molecular weight excluding hydrogens is 256 g/mol. The van der Waals surface area contributed by atoms with Gasteiger partial charge in [-0.2, -0.15) is 0 Å². The Hall–Kier alpha value is -1.26. The van der Waals surface area contributed by atoms with Crippen molar-refractivity contribution >= 4 is 12.0 Å². The molecule has 0 bridgehead atoms. The number of carboxylic acids is 1. The summed E-state index contributed by atoms with van der Waals surface area (Å²) < 4.78 is 0. The predicted octanol–water partition coefficient (Wildman–Crippen LogP) is 2.85. The van der Waals surface area contributed by atoms with Crippen LogP contribution >= 0.6 is 0 Å². The normalized spacial score (nSPS) is 24.2. The second-order valence-corrected chi connectivity index (χ2v) is 6.02. The van der Waals surface area contributed by atoms with Crippen molar-refractivity contribution in [2.24, 2.45) is 5.92 Å². The zero-order chi connectivity index (χ0) is 15.1. The van der Waals surface area contributed by atoms with Crippen LogP contribution in [-0.4, -0.2) is 40.6 Å². The van der Waals surface area contributed by atoms with E-state index in [9.17, 15) is 14.7 Å². The number of rotatable bonds is 6. The highest BCUT2D eigenvalue weighted by Crippen LogP contribution is 2.22. The van der Waals surface area contributed by atoms with E-state index in [1.807, 2.05) is 13.8 Å². The maximum atomic E-state index is 12.2. The van der Waals surface area contributed by atoms with Crippen LogP contribution in [0.3, 0.4) is 0 Å². The number of piperidine rings is 1. The van der Waals surface area contributed by atoms with Gasteiger partial charge in [0, 0.05) is 12.6 Å². The van der Waals surface area contributed by atoms with E-state index in [2.05, 4.69) is 12.2 Å². The fourth-order valence-corrected chi connectivity index (χ4v) is 2.69. The van der Waals surface area contributed by atoms with Crippen molar-refractivity contribution < 1.29 is 14.7 Å². The summed E-state index contributed by atoms with van der Waals surface area (Å²) in [5.74, 6) is -0.535. The number of carbonyl (C=O) groups is 2. The van der Waals surface area contributed by atoms with Crippen LogP contribution in [0.4, 0.5) is 4.79 Å². The average Bonchev–Trinajstić information content (AvgIpc) is 2.38. The number of aliphatic carboxylic acids is 1. The van der Waals surface area contributed by atoms with Crippen LogP contribution in [0.5, 0.6) is 0 Å². The zero-order valence-corrected chi connectivity index (χ0v) is 12.9. The Balaban J connectivity index is 2.49. The molecule has 2 amide bonds. The number of carboxylic acid groups (broad SMARTS) is 1. The molecule has 0 radical (unpaired) electrons. The molecule has 20 heavy (non-hydrogen) atoms. The van der Waals surface area contributed by atoms with Crippen molar-refractivity contribution in [3.63, 3.8) is 0 Å². The van der Waals surface area contributed by atoms with Crippen LogP contribution in [0.15, 0.2) is 0 Å². The first-order valence-electron chi connectivity index (χ1n) is 7.75. The smallest absolute Gasteiger partial charge is 0.326 e. The average molecular weight is 284 g/mol. The monoisotopic (exact) mass is 284 g/mol. The van der Waals surface area contributed by atoms with Crippen LogP contribution in [-0.2, 0) is 4.79 Å². The fraction of sp³-hybridized carbons (Fsp3) is 0.867. The van der Waals surface area contributed by atoms with Crippen molar-refractivity contribution in [2.45, 2.75) is 71.4 Å². The summed E-state index contributed by atoms with van der Waals surface area (Å²) in [6, 6.07) is -0.808. The predicted molar refractivity (Wildman–Crippen MR) is 78.7 cm³/mol. The molecule has 3 unspecified atom stereocenters. The van der Waals surface area contributed by atoms with Crippen molar-refractivity contribution in [1.29, 1.82) is 0 Å². The third kappa shape index (κ3) is 5.02. The maximum Gasteiger partial charge on any atom is 0.326 e. The number of unbranched alkanes of at least 4 members (excludes halogenated alkanes) is 2. The fourth-order valence-electron chi connectivity index (χ4n) is 2.69. The summed E-state index contributed by atoms with van der Waals surface area (Å²) in [5.41, 5.74) is 0. The molecule has 5 heteroatoms. The number of carbonyl (C=O) groups excluding carboxylic acids is 1. The molecule has 1 heterocycles.